The monoisotopic (exact) mass is 430 g/mol. The van der Waals surface area contributed by atoms with Crippen LogP contribution < -0.4 is 10.5 Å². The van der Waals surface area contributed by atoms with Gasteiger partial charge in [-0.2, -0.15) is 0 Å². The normalized spacial score (nSPS) is 25.4. The average Bonchev–Trinajstić information content (AvgIpc) is 2.84. The first-order chi connectivity index (χ1) is 15.2. The Hall–Kier alpha value is -2.86. The number of amidine groups is 1. The zero-order chi connectivity index (χ0) is 21.3. The fourth-order valence-corrected chi connectivity index (χ4v) is 6.54. The molecule has 3 atom stereocenters. The van der Waals surface area contributed by atoms with Crippen LogP contribution in [0, 0.1) is 5.92 Å². The quantitative estimate of drug-likeness (QED) is 0.605. The second kappa shape index (κ2) is 8.35. The van der Waals surface area contributed by atoms with Crippen molar-refractivity contribution in [3.8, 4) is 16.9 Å². The molecule has 5 rings (SSSR count). The smallest absolute Gasteiger partial charge is 0.155 e. The first kappa shape index (κ1) is 20.1. The molecule has 5 nitrogen and oxygen atoms in total. The van der Waals surface area contributed by atoms with E-state index in [1.807, 2.05) is 12.4 Å². The number of thioether (sulfide) groups is 1. The molecule has 6 heteroatoms. The van der Waals surface area contributed by atoms with Crippen molar-refractivity contribution in [3.63, 3.8) is 0 Å². The van der Waals surface area contributed by atoms with Crippen LogP contribution in [0.3, 0.4) is 0 Å². The minimum Gasteiger partial charge on any atom is -0.497 e. The maximum atomic E-state index is 6.47. The number of rotatable bonds is 4. The molecule has 3 unspecified atom stereocenters. The molecule has 1 aliphatic heterocycles. The summed E-state index contributed by atoms with van der Waals surface area (Å²) < 4.78 is 5.33. The van der Waals surface area contributed by atoms with E-state index in [0.29, 0.717) is 11.1 Å². The number of hydrogen-bond acceptors (Lipinski definition) is 6. The van der Waals surface area contributed by atoms with Gasteiger partial charge in [0.15, 0.2) is 5.17 Å². The number of ether oxygens (including phenoxy) is 1. The summed E-state index contributed by atoms with van der Waals surface area (Å²) in [6.07, 6.45) is 9.93. The summed E-state index contributed by atoms with van der Waals surface area (Å²) in [5.74, 6) is 1.26. The Morgan fingerprint density at radius 3 is 2.61 bits per heavy atom. The molecule has 2 aliphatic rings. The maximum absolute atomic E-state index is 6.47. The maximum Gasteiger partial charge on any atom is 0.155 e. The van der Waals surface area contributed by atoms with Gasteiger partial charge in [0.25, 0.3) is 0 Å². The summed E-state index contributed by atoms with van der Waals surface area (Å²) in [6, 6.07) is 17.2. The Balaban J connectivity index is 1.57. The van der Waals surface area contributed by atoms with Crippen molar-refractivity contribution < 1.29 is 4.74 Å². The summed E-state index contributed by atoms with van der Waals surface area (Å²) in [5.41, 5.74) is 11.1. The van der Waals surface area contributed by atoms with Gasteiger partial charge in [0.1, 0.15) is 12.1 Å². The van der Waals surface area contributed by atoms with Gasteiger partial charge in [-0.05, 0) is 47.7 Å². The van der Waals surface area contributed by atoms with E-state index in [4.69, 9.17) is 15.5 Å². The van der Waals surface area contributed by atoms with Gasteiger partial charge in [0.05, 0.1) is 17.9 Å². The number of methoxy groups -OCH3 is 1. The van der Waals surface area contributed by atoms with E-state index in [2.05, 4.69) is 58.5 Å². The lowest BCUT2D eigenvalue weighted by Crippen LogP contribution is -2.43. The van der Waals surface area contributed by atoms with Crippen molar-refractivity contribution >= 4 is 16.9 Å². The first-order valence-corrected chi connectivity index (χ1v) is 11.5. The van der Waals surface area contributed by atoms with Gasteiger partial charge in [-0.25, -0.2) is 9.97 Å². The molecule has 0 amide bonds. The number of fused-ring (bicyclic) bond motifs is 1. The molecule has 0 radical (unpaired) electrons. The molecule has 158 valence electrons. The summed E-state index contributed by atoms with van der Waals surface area (Å²) in [6.45, 7) is 0. The van der Waals surface area contributed by atoms with Crippen molar-refractivity contribution in [2.45, 2.75) is 36.5 Å². The van der Waals surface area contributed by atoms with E-state index in [0.717, 1.165) is 29.7 Å². The fraction of sp³-hybridized carbons (Fsp3) is 0.320. The number of aromatic nitrogens is 2. The number of aliphatic imine (C=N–C) groups is 1. The van der Waals surface area contributed by atoms with Gasteiger partial charge in [0, 0.05) is 23.9 Å². The molecule has 0 spiro atoms. The van der Waals surface area contributed by atoms with E-state index in [9.17, 15) is 0 Å². The van der Waals surface area contributed by atoms with E-state index >= 15 is 0 Å². The average molecular weight is 431 g/mol. The molecule has 2 aromatic carbocycles. The second-order valence-corrected chi connectivity index (χ2v) is 9.59. The lowest BCUT2D eigenvalue weighted by atomic mass is 9.69. The van der Waals surface area contributed by atoms with E-state index in [1.54, 1.807) is 25.2 Å². The van der Waals surface area contributed by atoms with Crippen molar-refractivity contribution in [2.75, 3.05) is 7.11 Å². The van der Waals surface area contributed by atoms with Gasteiger partial charge in [0.2, 0.25) is 0 Å². The lowest BCUT2D eigenvalue weighted by Gasteiger charge is -2.49. The third-order valence-corrected chi connectivity index (χ3v) is 7.97. The van der Waals surface area contributed by atoms with Crippen molar-refractivity contribution in [1.82, 2.24) is 9.97 Å². The molecule has 1 fully saturated rings. The van der Waals surface area contributed by atoms with Crippen molar-refractivity contribution in [2.24, 2.45) is 16.6 Å². The highest BCUT2D eigenvalue weighted by molar-refractivity contribution is 8.14. The van der Waals surface area contributed by atoms with Crippen LogP contribution in [-0.4, -0.2) is 22.2 Å². The van der Waals surface area contributed by atoms with E-state index < -0.39 is 0 Å². The standard InChI is InChI=1S/C25H26N4OS/c1-30-21-10-8-20(9-11-21)25-12-3-2-7-22(25)23(29-24(26)31-25)18-6-4-5-17(13-18)19-14-27-16-28-15-19/h4-6,8-11,13-16,22-23H,2-3,7,12H2,1H3,(H2,26,29). The third kappa shape index (κ3) is 3.69. The molecule has 3 aromatic rings. The minimum absolute atomic E-state index is 0.0354. The van der Waals surface area contributed by atoms with Crippen LogP contribution in [0.1, 0.15) is 42.9 Å². The molecule has 1 aliphatic carbocycles. The van der Waals surface area contributed by atoms with Crippen LogP contribution in [0.4, 0.5) is 0 Å². The Morgan fingerprint density at radius 1 is 1.03 bits per heavy atom. The molecule has 2 heterocycles. The Bertz CT molecular complexity index is 1090. The highest BCUT2D eigenvalue weighted by Crippen LogP contribution is 2.59. The summed E-state index contributed by atoms with van der Waals surface area (Å²) in [5, 5.41) is 0.674. The van der Waals surface area contributed by atoms with Gasteiger partial charge in [-0.3, -0.25) is 4.99 Å². The van der Waals surface area contributed by atoms with E-state index in [1.165, 1.54) is 24.0 Å². The second-order valence-electron chi connectivity index (χ2n) is 8.24. The van der Waals surface area contributed by atoms with Crippen LogP contribution in [0.5, 0.6) is 5.75 Å². The predicted octanol–water partition coefficient (Wildman–Crippen LogP) is 5.34. The molecular formula is C25H26N4OS. The first-order valence-electron chi connectivity index (χ1n) is 10.7. The van der Waals surface area contributed by atoms with E-state index in [-0.39, 0.29) is 10.8 Å². The van der Waals surface area contributed by atoms with Gasteiger partial charge in [-0.15, -0.1) is 0 Å². The number of hydrogen-bond donors (Lipinski definition) is 1. The molecular weight excluding hydrogens is 404 g/mol. The van der Waals surface area contributed by atoms with Gasteiger partial charge < -0.3 is 10.5 Å². The molecule has 0 saturated heterocycles. The highest BCUT2D eigenvalue weighted by Gasteiger charge is 2.50. The lowest BCUT2D eigenvalue weighted by molar-refractivity contribution is 0.234. The Morgan fingerprint density at radius 2 is 1.84 bits per heavy atom. The number of nitrogens with zero attached hydrogens (tertiary/aromatic N) is 3. The summed E-state index contributed by atoms with van der Waals surface area (Å²) in [4.78, 5) is 13.3. The fourth-order valence-electron chi connectivity index (χ4n) is 5.10. The largest absolute Gasteiger partial charge is 0.497 e. The van der Waals surface area contributed by atoms with Crippen molar-refractivity contribution in [1.29, 1.82) is 0 Å². The van der Waals surface area contributed by atoms with Gasteiger partial charge in [-0.1, -0.05) is 54.9 Å². The summed E-state index contributed by atoms with van der Waals surface area (Å²) in [7, 11) is 1.71. The van der Waals surface area contributed by atoms with Crippen LogP contribution in [-0.2, 0) is 4.75 Å². The van der Waals surface area contributed by atoms with Crippen LogP contribution in [0.25, 0.3) is 11.1 Å². The Kier molecular flexibility index (Phi) is 5.40. The minimum atomic E-state index is -0.0626. The Labute approximate surface area is 187 Å². The molecule has 2 N–H and O–H groups in total. The van der Waals surface area contributed by atoms with Crippen LogP contribution >= 0.6 is 11.8 Å². The summed E-state index contributed by atoms with van der Waals surface area (Å²) >= 11 is 1.75. The van der Waals surface area contributed by atoms with Crippen LogP contribution in [0.15, 0.2) is 72.2 Å². The third-order valence-electron chi connectivity index (χ3n) is 6.55. The molecule has 0 bridgehead atoms. The van der Waals surface area contributed by atoms with Crippen LogP contribution in [0.2, 0.25) is 0 Å². The number of benzene rings is 2. The topological polar surface area (TPSA) is 73.4 Å². The predicted molar refractivity (Wildman–Crippen MR) is 126 cm³/mol. The van der Waals surface area contributed by atoms with Crippen molar-refractivity contribution in [3.05, 3.63) is 78.4 Å². The molecule has 1 aromatic heterocycles. The zero-order valence-electron chi connectivity index (χ0n) is 17.6. The number of nitrogens with two attached hydrogens (primary N) is 1. The molecule has 1 saturated carbocycles. The SMILES string of the molecule is COc1ccc(C23CCCCC2C(c2cccc(-c4cncnc4)c2)N=C(N)S3)cc1. The molecule has 31 heavy (non-hydrogen) atoms. The van der Waals surface area contributed by atoms with Gasteiger partial charge >= 0.3 is 0 Å². The highest BCUT2D eigenvalue weighted by atomic mass is 32.2. The zero-order valence-corrected chi connectivity index (χ0v) is 18.4.